The van der Waals surface area contributed by atoms with Crippen molar-refractivity contribution in [3.05, 3.63) is 40.1 Å². The van der Waals surface area contributed by atoms with Crippen LogP contribution < -0.4 is 5.73 Å². The molecule has 3 N–H and O–H groups in total. The molecule has 0 unspecified atom stereocenters. The number of aromatic nitrogens is 2. The minimum absolute atomic E-state index is 0.397. The summed E-state index contributed by atoms with van der Waals surface area (Å²) in [5.41, 5.74) is 8.23. The quantitative estimate of drug-likeness (QED) is 0.850. The maximum absolute atomic E-state index is 6.08. The Labute approximate surface area is 97.2 Å². The number of nitrogens with two attached hydrogens (primary N) is 1. The highest BCUT2D eigenvalue weighted by Gasteiger charge is 2.09. The Balaban J connectivity index is 2.54. The summed E-state index contributed by atoms with van der Waals surface area (Å²) in [6, 6.07) is 5.34. The van der Waals surface area contributed by atoms with Crippen molar-refractivity contribution >= 4 is 23.2 Å². The van der Waals surface area contributed by atoms with E-state index < -0.39 is 0 Å². The third kappa shape index (κ3) is 2.00. The van der Waals surface area contributed by atoms with Gasteiger partial charge in [-0.05, 0) is 12.1 Å². The normalized spacial score (nSPS) is 10.6. The smallest absolute Gasteiger partial charge is 0.0569 e. The first-order valence-electron chi connectivity index (χ1n) is 4.40. The predicted molar refractivity (Wildman–Crippen MR) is 61.9 cm³/mol. The number of H-pyrrole nitrogens is 1. The molecule has 5 heteroatoms. The van der Waals surface area contributed by atoms with Gasteiger partial charge in [-0.15, -0.1) is 0 Å². The van der Waals surface area contributed by atoms with Gasteiger partial charge < -0.3 is 5.73 Å². The maximum atomic E-state index is 6.08. The van der Waals surface area contributed by atoms with Crippen molar-refractivity contribution in [2.45, 2.75) is 6.54 Å². The molecule has 1 heterocycles. The van der Waals surface area contributed by atoms with E-state index in [0.29, 0.717) is 16.6 Å². The summed E-state index contributed by atoms with van der Waals surface area (Å²) in [4.78, 5) is 0. The van der Waals surface area contributed by atoms with Crippen LogP contribution in [0.1, 0.15) is 5.69 Å². The molecule has 0 bridgehead atoms. The summed E-state index contributed by atoms with van der Waals surface area (Å²) in [5.74, 6) is 0. The van der Waals surface area contributed by atoms with Crippen molar-refractivity contribution in [1.29, 1.82) is 0 Å². The number of nitrogens with one attached hydrogen (secondary N) is 1. The lowest BCUT2D eigenvalue weighted by atomic mass is 10.1. The molecule has 0 radical (unpaired) electrons. The number of benzene rings is 1. The summed E-state index contributed by atoms with van der Waals surface area (Å²) >= 11 is 11.9. The van der Waals surface area contributed by atoms with E-state index in [4.69, 9.17) is 28.9 Å². The van der Waals surface area contributed by atoms with Gasteiger partial charge in [-0.1, -0.05) is 29.3 Å². The van der Waals surface area contributed by atoms with Crippen LogP contribution in [-0.4, -0.2) is 10.2 Å². The Bertz CT molecular complexity index is 479. The van der Waals surface area contributed by atoms with Crippen LogP contribution >= 0.6 is 23.2 Å². The second kappa shape index (κ2) is 4.23. The number of nitrogens with zero attached hydrogens (tertiary/aromatic N) is 1. The lowest BCUT2D eigenvalue weighted by Crippen LogP contribution is -1.98. The molecular weight excluding hydrogens is 233 g/mol. The molecule has 0 aliphatic heterocycles. The number of rotatable bonds is 2. The van der Waals surface area contributed by atoms with Crippen LogP contribution in [0, 0.1) is 0 Å². The van der Waals surface area contributed by atoms with Gasteiger partial charge in [0.2, 0.25) is 0 Å². The first-order valence-corrected chi connectivity index (χ1v) is 5.15. The van der Waals surface area contributed by atoms with Crippen molar-refractivity contribution in [3.63, 3.8) is 0 Å². The largest absolute Gasteiger partial charge is 0.325 e. The fourth-order valence-electron chi connectivity index (χ4n) is 1.41. The zero-order chi connectivity index (χ0) is 10.8. The van der Waals surface area contributed by atoms with Gasteiger partial charge in [-0.3, -0.25) is 5.10 Å². The van der Waals surface area contributed by atoms with Crippen LogP contribution in [0.15, 0.2) is 24.4 Å². The fourth-order valence-corrected chi connectivity index (χ4v) is 1.92. The van der Waals surface area contributed by atoms with Crippen LogP contribution in [0.5, 0.6) is 0 Å². The molecule has 0 atom stereocenters. The minimum atomic E-state index is 0.397. The van der Waals surface area contributed by atoms with Crippen molar-refractivity contribution in [2.24, 2.45) is 5.73 Å². The summed E-state index contributed by atoms with van der Waals surface area (Å²) in [6.07, 6.45) is 1.71. The zero-order valence-corrected chi connectivity index (χ0v) is 9.31. The Morgan fingerprint density at radius 1 is 1.27 bits per heavy atom. The van der Waals surface area contributed by atoms with E-state index in [1.54, 1.807) is 18.3 Å². The highest BCUT2D eigenvalue weighted by molar-refractivity contribution is 6.36. The molecule has 0 aliphatic rings. The second-order valence-corrected chi connectivity index (χ2v) is 3.93. The van der Waals surface area contributed by atoms with Gasteiger partial charge in [-0.25, -0.2) is 0 Å². The number of aromatic amines is 1. The van der Waals surface area contributed by atoms with Crippen LogP contribution in [0.25, 0.3) is 11.1 Å². The molecule has 2 rings (SSSR count). The van der Waals surface area contributed by atoms with E-state index in [-0.39, 0.29) is 0 Å². The van der Waals surface area contributed by atoms with E-state index in [2.05, 4.69) is 10.2 Å². The Kier molecular flexibility index (Phi) is 2.95. The summed E-state index contributed by atoms with van der Waals surface area (Å²) in [5, 5.41) is 7.97. The molecule has 3 nitrogen and oxygen atoms in total. The molecule has 78 valence electrons. The summed E-state index contributed by atoms with van der Waals surface area (Å²) in [6.45, 7) is 0.397. The van der Waals surface area contributed by atoms with E-state index in [1.807, 2.05) is 6.07 Å². The molecule has 0 saturated carbocycles. The average Bonchev–Trinajstić information content (AvgIpc) is 2.65. The molecule has 15 heavy (non-hydrogen) atoms. The van der Waals surface area contributed by atoms with E-state index in [0.717, 1.165) is 16.8 Å². The van der Waals surface area contributed by atoms with Gasteiger partial charge in [0, 0.05) is 27.7 Å². The predicted octanol–water partition coefficient (Wildman–Crippen LogP) is 2.84. The van der Waals surface area contributed by atoms with E-state index >= 15 is 0 Å². The van der Waals surface area contributed by atoms with Crippen LogP contribution in [-0.2, 0) is 6.54 Å². The Hall–Kier alpha value is -1.03. The standard InChI is InChI=1S/C10H9Cl2N3/c11-6-1-2-7(9(12)3-6)8-5-14-15-10(8)4-13/h1-3,5H,4,13H2,(H,14,15). The first kappa shape index (κ1) is 10.5. The summed E-state index contributed by atoms with van der Waals surface area (Å²) in [7, 11) is 0. The van der Waals surface area contributed by atoms with Crippen LogP contribution in [0.4, 0.5) is 0 Å². The fraction of sp³-hybridized carbons (Fsp3) is 0.100. The number of hydrogen-bond acceptors (Lipinski definition) is 2. The van der Waals surface area contributed by atoms with Crippen molar-refractivity contribution in [1.82, 2.24) is 10.2 Å². The Morgan fingerprint density at radius 2 is 2.07 bits per heavy atom. The van der Waals surface area contributed by atoms with Gasteiger partial charge in [0.05, 0.1) is 11.9 Å². The molecule has 1 aromatic heterocycles. The van der Waals surface area contributed by atoms with Gasteiger partial charge in [0.15, 0.2) is 0 Å². The lowest BCUT2D eigenvalue weighted by molar-refractivity contribution is 0.948. The minimum Gasteiger partial charge on any atom is -0.325 e. The molecule has 0 saturated heterocycles. The van der Waals surface area contributed by atoms with Crippen molar-refractivity contribution < 1.29 is 0 Å². The topological polar surface area (TPSA) is 54.7 Å². The molecular formula is C10H9Cl2N3. The van der Waals surface area contributed by atoms with Crippen molar-refractivity contribution in [2.75, 3.05) is 0 Å². The van der Waals surface area contributed by atoms with Gasteiger partial charge in [0.1, 0.15) is 0 Å². The first-order chi connectivity index (χ1) is 7.22. The molecule has 0 aliphatic carbocycles. The zero-order valence-electron chi connectivity index (χ0n) is 7.80. The highest BCUT2D eigenvalue weighted by atomic mass is 35.5. The monoisotopic (exact) mass is 241 g/mol. The van der Waals surface area contributed by atoms with Crippen LogP contribution in [0.3, 0.4) is 0 Å². The lowest BCUT2D eigenvalue weighted by Gasteiger charge is -2.04. The molecule has 1 aromatic carbocycles. The second-order valence-electron chi connectivity index (χ2n) is 3.09. The van der Waals surface area contributed by atoms with Gasteiger partial charge in [0.25, 0.3) is 0 Å². The third-order valence-electron chi connectivity index (χ3n) is 2.14. The molecule has 0 spiro atoms. The highest BCUT2D eigenvalue weighted by Crippen LogP contribution is 2.31. The number of hydrogen-bond donors (Lipinski definition) is 2. The summed E-state index contributed by atoms with van der Waals surface area (Å²) < 4.78 is 0. The van der Waals surface area contributed by atoms with Gasteiger partial charge in [-0.2, -0.15) is 5.10 Å². The van der Waals surface area contributed by atoms with Gasteiger partial charge >= 0.3 is 0 Å². The van der Waals surface area contributed by atoms with Crippen LogP contribution in [0.2, 0.25) is 10.0 Å². The van der Waals surface area contributed by atoms with Crippen molar-refractivity contribution in [3.8, 4) is 11.1 Å². The van der Waals surface area contributed by atoms with E-state index in [9.17, 15) is 0 Å². The maximum Gasteiger partial charge on any atom is 0.0569 e. The average molecular weight is 242 g/mol. The third-order valence-corrected chi connectivity index (χ3v) is 2.69. The molecule has 0 fully saturated rings. The molecule has 0 amide bonds. The Morgan fingerprint density at radius 3 is 2.73 bits per heavy atom. The number of halogens is 2. The SMILES string of the molecule is NCc1[nH]ncc1-c1ccc(Cl)cc1Cl. The van der Waals surface area contributed by atoms with E-state index in [1.165, 1.54) is 0 Å². The molecule has 2 aromatic rings.